The Morgan fingerprint density at radius 3 is 1.83 bits per heavy atom. The quantitative estimate of drug-likeness (QED) is 0.523. The molecule has 3 atom stereocenters. The van der Waals surface area contributed by atoms with Gasteiger partial charge in [-0.3, -0.25) is 0 Å². The topological polar surface area (TPSA) is 20.3 Å². The fourth-order valence-electron chi connectivity index (χ4n) is 3.62. The van der Waals surface area contributed by atoms with Crippen LogP contribution in [0.25, 0.3) is 0 Å². The largest absolute Gasteiger partial charge is 0.379 e. The molecule has 0 aliphatic heterocycles. The summed E-state index contributed by atoms with van der Waals surface area (Å²) >= 11 is 0. The Bertz CT molecular complexity index is 871. The van der Waals surface area contributed by atoms with Gasteiger partial charge in [0.25, 0.3) is 0 Å². The highest BCUT2D eigenvalue weighted by atomic mass is 31.1. The van der Waals surface area contributed by atoms with Crippen molar-refractivity contribution in [3.05, 3.63) is 83.4 Å². The van der Waals surface area contributed by atoms with Crippen LogP contribution in [0.3, 0.4) is 0 Å². The maximum atomic E-state index is 13.8. The second kappa shape index (κ2) is 9.05. The first kappa shape index (κ1) is 22.1. The number of hydrogen-bond acceptors (Lipinski definition) is 2. The van der Waals surface area contributed by atoms with E-state index in [2.05, 4.69) is 120 Å². The van der Waals surface area contributed by atoms with Gasteiger partial charge in [0.05, 0.1) is 5.92 Å². The summed E-state index contributed by atoms with van der Waals surface area (Å²) in [6.45, 7) is 8.52. The predicted molar refractivity (Wildman–Crippen MR) is 129 cm³/mol. The van der Waals surface area contributed by atoms with Crippen molar-refractivity contribution < 1.29 is 4.57 Å². The van der Waals surface area contributed by atoms with Gasteiger partial charge in [0.2, 0.25) is 0 Å². The van der Waals surface area contributed by atoms with Crippen LogP contribution in [0.1, 0.15) is 27.7 Å². The van der Waals surface area contributed by atoms with Crippen molar-refractivity contribution in [3.8, 4) is 0 Å². The molecule has 0 N–H and O–H groups in total. The minimum atomic E-state index is -1.52. The lowest BCUT2D eigenvalue weighted by atomic mass is 10.0. The minimum absolute atomic E-state index is 0.181. The van der Waals surface area contributed by atoms with Crippen molar-refractivity contribution in [1.29, 1.82) is 0 Å². The van der Waals surface area contributed by atoms with Gasteiger partial charge in [-0.1, -0.05) is 77.4 Å². The zero-order valence-electron chi connectivity index (χ0n) is 18.3. The zero-order chi connectivity index (χ0) is 21.2. The molecule has 29 heavy (non-hydrogen) atoms. The highest BCUT2D eigenvalue weighted by Crippen LogP contribution is 2.60. The summed E-state index contributed by atoms with van der Waals surface area (Å²) in [6.07, 6.45) is 4.56. The van der Waals surface area contributed by atoms with Gasteiger partial charge < -0.3 is 4.90 Å². The SMILES string of the molecule is C[C@H](C1C=CC(P(c2ccccc2)c2ccccc2)=C1[P+](=O)C(C)(C)C)N(C)C. The van der Waals surface area contributed by atoms with Crippen LogP contribution in [0.4, 0.5) is 0 Å². The molecular weight excluding hydrogens is 392 g/mol. The first-order valence-corrected chi connectivity index (χ1v) is 12.8. The van der Waals surface area contributed by atoms with Crippen molar-refractivity contribution in [1.82, 2.24) is 4.90 Å². The van der Waals surface area contributed by atoms with Crippen LogP contribution >= 0.6 is 15.7 Å². The molecule has 2 nitrogen and oxygen atoms in total. The highest BCUT2D eigenvalue weighted by molar-refractivity contribution is 7.77. The summed E-state index contributed by atoms with van der Waals surface area (Å²) < 4.78 is 13.8. The molecule has 0 saturated heterocycles. The fourth-order valence-corrected chi connectivity index (χ4v) is 8.18. The van der Waals surface area contributed by atoms with E-state index in [-0.39, 0.29) is 11.1 Å². The standard InChI is InChI=1S/C25H32NOP2/c1-19(26(5)6)22-17-18-23(24(22)29(27)25(2,3)4)28(20-13-9-7-10-14-20)21-15-11-8-12-16-21/h7-19,22H,1-6H3/q+1/t19-,22?/m1/s1. The number of nitrogens with zero attached hydrogens (tertiary/aromatic N) is 1. The van der Waals surface area contributed by atoms with Gasteiger partial charge in [-0.15, -0.1) is 0 Å². The summed E-state index contributed by atoms with van der Waals surface area (Å²) in [5.74, 6) is 0.181. The van der Waals surface area contributed by atoms with Crippen molar-refractivity contribution >= 4 is 26.3 Å². The molecule has 0 spiro atoms. The van der Waals surface area contributed by atoms with Gasteiger partial charge in [-0.25, -0.2) is 0 Å². The Labute approximate surface area is 178 Å². The summed E-state index contributed by atoms with van der Waals surface area (Å²) in [4.78, 5) is 2.23. The van der Waals surface area contributed by atoms with E-state index in [4.69, 9.17) is 0 Å². The van der Waals surface area contributed by atoms with Crippen LogP contribution in [0.5, 0.6) is 0 Å². The number of benzene rings is 2. The van der Waals surface area contributed by atoms with Gasteiger partial charge in [0.15, 0.2) is 10.5 Å². The molecule has 2 unspecified atom stereocenters. The van der Waals surface area contributed by atoms with E-state index < -0.39 is 15.7 Å². The van der Waals surface area contributed by atoms with Crippen LogP contribution in [-0.4, -0.2) is 30.2 Å². The highest BCUT2D eigenvalue weighted by Gasteiger charge is 2.48. The number of hydrogen-bond donors (Lipinski definition) is 0. The van der Waals surface area contributed by atoms with Crippen molar-refractivity contribution in [2.45, 2.75) is 38.9 Å². The first-order valence-electron chi connectivity index (χ1n) is 10.2. The molecule has 0 aromatic heterocycles. The maximum absolute atomic E-state index is 13.8. The van der Waals surface area contributed by atoms with E-state index in [0.29, 0.717) is 6.04 Å². The van der Waals surface area contributed by atoms with E-state index >= 15 is 0 Å². The van der Waals surface area contributed by atoms with Crippen LogP contribution in [0.15, 0.2) is 83.4 Å². The molecule has 0 bridgehead atoms. The van der Waals surface area contributed by atoms with E-state index in [1.54, 1.807) is 0 Å². The predicted octanol–water partition coefficient (Wildman–Crippen LogP) is 6.09. The Balaban J connectivity index is 2.23. The zero-order valence-corrected chi connectivity index (χ0v) is 20.1. The molecule has 4 heteroatoms. The molecule has 0 fully saturated rings. The molecule has 152 valence electrons. The summed E-state index contributed by atoms with van der Waals surface area (Å²) in [5.41, 5.74) is 0. The summed E-state index contributed by atoms with van der Waals surface area (Å²) in [7, 11) is 1.95. The van der Waals surface area contributed by atoms with Gasteiger partial charge in [0, 0.05) is 11.4 Å². The Hall–Kier alpha value is -1.59. The van der Waals surface area contributed by atoms with Gasteiger partial charge >= 0.3 is 7.80 Å². The van der Waals surface area contributed by atoms with E-state index in [9.17, 15) is 4.57 Å². The molecular formula is C25H32NOP2+. The van der Waals surface area contributed by atoms with E-state index in [0.717, 1.165) is 5.31 Å². The second-order valence-corrected chi connectivity index (χ2v) is 13.4. The molecule has 2 aromatic carbocycles. The lowest BCUT2D eigenvalue weighted by Gasteiger charge is -2.26. The lowest BCUT2D eigenvalue weighted by Crippen LogP contribution is -2.32. The van der Waals surface area contributed by atoms with Crippen molar-refractivity contribution in [2.24, 2.45) is 5.92 Å². The third-order valence-electron chi connectivity index (χ3n) is 5.47. The number of rotatable bonds is 6. The molecule has 1 aliphatic carbocycles. The Morgan fingerprint density at radius 1 is 0.931 bits per heavy atom. The van der Waals surface area contributed by atoms with Crippen LogP contribution in [-0.2, 0) is 4.57 Å². The lowest BCUT2D eigenvalue weighted by molar-refractivity contribution is 0.280. The smallest absolute Gasteiger partial charge is 0.306 e. The monoisotopic (exact) mass is 424 g/mol. The molecule has 3 rings (SSSR count). The van der Waals surface area contributed by atoms with E-state index in [1.807, 2.05) is 0 Å². The molecule has 0 amide bonds. The average molecular weight is 424 g/mol. The molecule has 0 heterocycles. The van der Waals surface area contributed by atoms with E-state index in [1.165, 1.54) is 15.9 Å². The maximum Gasteiger partial charge on any atom is 0.379 e. The van der Waals surface area contributed by atoms with Crippen molar-refractivity contribution in [3.63, 3.8) is 0 Å². The van der Waals surface area contributed by atoms with Gasteiger partial charge in [0.1, 0.15) is 0 Å². The molecule has 1 aliphatic rings. The third kappa shape index (κ3) is 4.77. The Kier molecular flexibility index (Phi) is 6.90. The van der Waals surface area contributed by atoms with Crippen molar-refractivity contribution in [2.75, 3.05) is 14.1 Å². The van der Waals surface area contributed by atoms with Crippen LogP contribution in [0, 0.1) is 5.92 Å². The molecule has 0 radical (unpaired) electrons. The second-order valence-electron chi connectivity index (χ2n) is 8.83. The fraction of sp³-hybridized carbons (Fsp3) is 0.360. The number of allylic oxidation sites excluding steroid dienone is 2. The van der Waals surface area contributed by atoms with Gasteiger partial charge in [-0.05, 0) is 60.3 Å². The molecule has 0 saturated carbocycles. The minimum Gasteiger partial charge on any atom is -0.306 e. The Morgan fingerprint density at radius 2 is 1.41 bits per heavy atom. The first-order chi connectivity index (χ1) is 13.7. The summed E-state index contributed by atoms with van der Waals surface area (Å²) in [6, 6.07) is 21.7. The summed E-state index contributed by atoms with van der Waals surface area (Å²) in [5, 5.41) is 4.77. The van der Waals surface area contributed by atoms with Gasteiger partial charge in [-0.2, -0.15) is 0 Å². The normalized spacial score (nSPS) is 18.6. The third-order valence-corrected chi connectivity index (χ3v) is 10.3. The van der Waals surface area contributed by atoms with Crippen LogP contribution in [0.2, 0.25) is 0 Å². The van der Waals surface area contributed by atoms with Crippen LogP contribution < -0.4 is 10.6 Å². The molecule has 2 aromatic rings. The average Bonchev–Trinajstić information content (AvgIpc) is 3.12.